The van der Waals surface area contributed by atoms with Gasteiger partial charge >= 0.3 is 0 Å². The lowest BCUT2D eigenvalue weighted by Gasteiger charge is -2.28. The van der Waals surface area contributed by atoms with Crippen molar-refractivity contribution in [2.75, 3.05) is 18.0 Å². The van der Waals surface area contributed by atoms with Crippen molar-refractivity contribution < 1.29 is 10.2 Å². The quantitative estimate of drug-likeness (QED) is 0.856. The van der Waals surface area contributed by atoms with Crippen molar-refractivity contribution >= 4 is 11.5 Å². The van der Waals surface area contributed by atoms with Crippen LogP contribution in [0.15, 0.2) is 24.4 Å². The fourth-order valence-electron chi connectivity index (χ4n) is 2.24. The van der Waals surface area contributed by atoms with Crippen molar-refractivity contribution in [2.45, 2.75) is 33.0 Å². The summed E-state index contributed by atoms with van der Waals surface area (Å²) in [5.41, 5.74) is 0.746. The summed E-state index contributed by atoms with van der Waals surface area (Å²) in [6.45, 7) is 6.66. The van der Waals surface area contributed by atoms with Gasteiger partial charge in [0.05, 0.1) is 17.9 Å². The number of likely N-dealkylation sites (N-methyl/N-ethyl adjacent to an activating group) is 1. The molecular formula is C14H21N3O2. The average Bonchev–Trinajstić information content (AvgIpc) is 2.73. The van der Waals surface area contributed by atoms with E-state index in [1.165, 1.54) is 0 Å². The third-order valence-corrected chi connectivity index (χ3v) is 3.02. The van der Waals surface area contributed by atoms with Gasteiger partial charge in [-0.25, -0.2) is 4.98 Å². The molecule has 5 heteroatoms. The van der Waals surface area contributed by atoms with Crippen molar-refractivity contribution in [2.24, 2.45) is 0 Å². The number of nitrogens with zero attached hydrogens (tertiary/aromatic N) is 3. The predicted octanol–water partition coefficient (Wildman–Crippen LogP) is 1.42. The zero-order valence-electron chi connectivity index (χ0n) is 11.7. The Hall–Kier alpha value is -1.59. The maximum atomic E-state index is 9.98. The lowest BCUT2D eigenvalue weighted by Crippen LogP contribution is -2.39. The maximum Gasteiger partial charge on any atom is 0.153 e. The van der Waals surface area contributed by atoms with Crippen LogP contribution >= 0.6 is 0 Å². The highest BCUT2D eigenvalue weighted by atomic mass is 16.3. The van der Waals surface area contributed by atoms with Crippen LogP contribution < -0.4 is 4.90 Å². The first-order valence-electron chi connectivity index (χ1n) is 6.50. The molecule has 0 aliphatic rings. The summed E-state index contributed by atoms with van der Waals surface area (Å²) in [6, 6.07) is 5.73. The van der Waals surface area contributed by atoms with E-state index in [0.29, 0.717) is 6.54 Å². The van der Waals surface area contributed by atoms with Crippen LogP contribution in [0.25, 0.3) is 5.65 Å². The van der Waals surface area contributed by atoms with Gasteiger partial charge in [-0.3, -0.25) is 4.40 Å². The van der Waals surface area contributed by atoms with E-state index in [1.807, 2.05) is 40.6 Å². The highest BCUT2D eigenvalue weighted by Crippen LogP contribution is 2.23. The number of anilines is 1. The van der Waals surface area contributed by atoms with Gasteiger partial charge in [0.1, 0.15) is 5.65 Å². The topological polar surface area (TPSA) is 61.0 Å². The Morgan fingerprint density at radius 3 is 2.68 bits per heavy atom. The van der Waals surface area contributed by atoms with Gasteiger partial charge in [0.15, 0.2) is 5.82 Å². The van der Waals surface area contributed by atoms with Crippen molar-refractivity contribution in [1.29, 1.82) is 0 Å². The molecule has 5 nitrogen and oxygen atoms in total. The zero-order chi connectivity index (χ0) is 14.0. The van der Waals surface area contributed by atoms with Crippen molar-refractivity contribution in [3.63, 3.8) is 0 Å². The Bertz CT molecular complexity index is 557. The van der Waals surface area contributed by atoms with E-state index in [2.05, 4.69) is 4.98 Å². The molecule has 0 atom stereocenters. The summed E-state index contributed by atoms with van der Waals surface area (Å²) in [5, 5.41) is 19.6. The maximum absolute atomic E-state index is 9.98. The Kier molecular flexibility index (Phi) is 3.78. The Balaban J connectivity index is 2.47. The Labute approximate surface area is 113 Å². The van der Waals surface area contributed by atoms with E-state index in [1.54, 1.807) is 13.8 Å². The van der Waals surface area contributed by atoms with Crippen molar-refractivity contribution in [3.8, 4) is 0 Å². The minimum absolute atomic E-state index is 0.0805. The molecule has 0 unspecified atom stereocenters. The normalized spacial score (nSPS) is 12.1. The first-order valence-corrected chi connectivity index (χ1v) is 6.50. The Morgan fingerprint density at radius 2 is 2.11 bits per heavy atom. The number of aliphatic hydroxyl groups is 2. The fourth-order valence-corrected chi connectivity index (χ4v) is 2.24. The summed E-state index contributed by atoms with van der Waals surface area (Å²) in [5.74, 6) is 0.735. The minimum atomic E-state index is -0.807. The SMILES string of the molecule is CCN(CC(C)(C)O)c1nc2ccccn2c1CO. The summed E-state index contributed by atoms with van der Waals surface area (Å²) in [4.78, 5) is 6.54. The number of aliphatic hydroxyl groups excluding tert-OH is 1. The van der Waals surface area contributed by atoms with Crippen LogP contribution in [-0.2, 0) is 6.61 Å². The smallest absolute Gasteiger partial charge is 0.153 e. The van der Waals surface area contributed by atoms with Gasteiger partial charge in [0, 0.05) is 19.3 Å². The monoisotopic (exact) mass is 263 g/mol. The molecule has 0 bridgehead atoms. The predicted molar refractivity (Wildman–Crippen MR) is 75.3 cm³/mol. The minimum Gasteiger partial charge on any atom is -0.390 e. The van der Waals surface area contributed by atoms with E-state index in [4.69, 9.17) is 0 Å². The molecule has 0 saturated carbocycles. The second-order valence-corrected chi connectivity index (χ2v) is 5.30. The van der Waals surface area contributed by atoms with Gasteiger partial charge in [-0.05, 0) is 32.9 Å². The molecule has 0 spiro atoms. The molecule has 0 amide bonds. The van der Waals surface area contributed by atoms with Gasteiger partial charge in [-0.15, -0.1) is 0 Å². The van der Waals surface area contributed by atoms with Crippen LogP contribution in [0.5, 0.6) is 0 Å². The van der Waals surface area contributed by atoms with Crippen molar-refractivity contribution in [3.05, 3.63) is 30.1 Å². The van der Waals surface area contributed by atoms with E-state index >= 15 is 0 Å². The van der Waals surface area contributed by atoms with Crippen LogP contribution in [0.4, 0.5) is 5.82 Å². The molecule has 0 aliphatic carbocycles. The number of imidazole rings is 1. The Morgan fingerprint density at radius 1 is 1.37 bits per heavy atom. The van der Waals surface area contributed by atoms with Crippen LogP contribution in [0.1, 0.15) is 26.5 Å². The van der Waals surface area contributed by atoms with Crippen LogP contribution in [0, 0.1) is 0 Å². The highest BCUT2D eigenvalue weighted by Gasteiger charge is 2.22. The molecule has 104 valence electrons. The van der Waals surface area contributed by atoms with E-state index in [0.717, 1.165) is 23.7 Å². The molecule has 2 rings (SSSR count). The van der Waals surface area contributed by atoms with Gasteiger partial charge in [0.2, 0.25) is 0 Å². The molecule has 2 aromatic heterocycles. The number of rotatable bonds is 5. The first kappa shape index (κ1) is 13.8. The number of hydrogen-bond donors (Lipinski definition) is 2. The summed E-state index contributed by atoms with van der Waals surface area (Å²) in [7, 11) is 0. The highest BCUT2D eigenvalue weighted by molar-refractivity contribution is 5.55. The standard InChI is InChI=1S/C14H21N3O2/c1-4-16(10-14(2,3)19)13-11(9-18)17-8-6-5-7-12(17)15-13/h5-8,18-19H,4,9-10H2,1-3H3. The second kappa shape index (κ2) is 5.19. The number of aromatic nitrogens is 2. The summed E-state index contributed by atoms with van der Waals surface area (Å²) in [6.07, 6.45) is 1.88. The summed E-state index contributed by atoms with van der Waals surface area (Å²) < 4.78 is 1.88. The van der Waals surface area contributed by atoms with Gasteiger partial charge in [-0.2, -0.15) is 0 Å². The lowest BCUT2D eigenvalue weighted by atomic mass is 10.1. The molecule has 0 aliphatic heterocycles. The zero-order valence-corrected chi connectivity index (χ0v) is 11.7. The van der Waals surface area contributed by atoms with Gasteiger partial charge < -0.3 is 15.1 Å². The lowest BCUT2D eigenvalue weighted by molar-refractivity contribution is 0.0873. The summed E-state index contributed by atoms with van der Waals surface area (Å²) >= 11 is 0. The molecule has 2 aromatic rings. The molecule has 0 radical (unpaired) electrons. The second-order valence-electron chi connectivity index (χ2n) is 5.30. The molecule has 0 fully saturated rings. The van der Waals surface area contributed by atoms with Crippen LogP contribution in [-0.4, -0.2) is 38.3 Å². The first-order chi connectivity index (χ1) is 8.96. The molecular weight excluding hydrogens is 242 g/mol. The van der Waals surface area contributed by atoms with Gasteiger partial charge in [0.25, 0.3) is 0 Å². The average molecular weight is 263 g/mol. The number of fused-ring (bicyclic) bond motifs is 1. The van der Waals surface area contributed by atoms with E-state index in [9.17, 15) is 10.2 Å². The largest absolute Gasteiger partial charge is 0.390 e. The number of hydrogen-bond acceptors (Lipinski definition) is 4. The molecule has 0 aromatic carbocycles. The third-order valence-electron chi connectivity index (χ3n) is 3.02. The third kappa shape index (κ3) is 2.88. The van der Waals surface area contributed by atoms with Crippen molar-refractivity contribution in [1.82, 2.24) is 9.38 Å². The van der Waals surface area contributed by atoms with E-state index in [-0.39, 0.29) is 6.61 Å². The number of pyridine rings is 1. The van der Waals surface area contributed by atoms with E-state index < -0.39 is 5.60 Å². The molecule has 2 heterocycles. The molecule has 0 saturated heterocycles. The van der Waals surface area contributed by atoms with Crippen LogP contribution in [0.3, 0.4) is 0 Å². The van der Waals surface area contributed by atoms with Crippen LogP contribution in [0.2, 0.25) is 0 Å². The van der Waals surface area contributed by atoms with Gasteiger partial charge in [-0.1, -0.05) is 6.07 Å². The fraction of sp³-hybridized carbons (Fsp3) is 0.500. The molecule has 2 N–H and O–H groups in total. The molecule has 19 heavy (non-hydrogen) atoms.